The maximum Gasteiger partial charge on any atom is -0.0353 e. The number of hydrogen-bond acceptors (Lipinski definition) is 0. The quantitative estimate of drug-likeness (QED) is 0.384. The first-order valence-electron chi connectivity index (χ1n) is 8.04. The average Bonchev–Trinajstić information content (AvgIpc) is 2.42. The fraction of sp³-hybridized carbons (Fsp3) is 1.00. The summed E-state index contributed by atoms with van der Waals surface area (Å²) in [6.45, 7) is 8.85. The summed E-state index contributed by atoms with van der Waals surface area (Å²) in [6.07, 6.45) is 17.2. The summed E-state index contributed by atoms with van der Waals surface area (Å²) in [5.41, 5.74) is 0. The van der Waals surface area contributed by atoms with Gasteiger partial charge >= 0.3 is 0 Å². The van der Waals surface area contributed by atoms with Crippen molar-refractivity contribution < 1.29 is 0 Å². The van der Waals surface area contributed by atoms with Gasteiger partial charge in [0.15, 0.2) is 0 Å². The zero-order chi connectivity index (χ0) is 13.2. The zero-order valence-corrected chi connectivity index (χ0v) is 14.0. The molecular formula is C16H37P. The first-order valence-corrected chi connectivity index (χ1v) is 9.45. The molecule has 1 saturated heterocycles. The molecule has 1 rings (SSSR count). The van der Waals surface area contributed by atoms with Gasteiger partial charge in [0.2, 0.25) is 0 Å². The lowest BCUT2D eigenvalue weighted by Gasteiger charge is -2.06. The highest BCUT2D eigenvalue weighted by molar-refractivity contribution is 7.38. The Labute approximate surface area is 113 Å². The molecule has 1 aliphatic rings. The molecule has 0 aromatic heterocycles. The van der Waals surface area contributed by atoms with E-state index in [0.29, 0.717) is 0 Å². The van der Waals surface area contributed by atoms with Crippen molar-refractivity contribution in [3.63, 3.8) is 0 Å². The Morgan fingerprint density at radius 3 is 1.24 bits per heavy atom. The Morgan fingerprint density at radius 2 is 1.06 bits per heavy atom. The SMILES string of the molecule is C1CCPCC1.CCCC.CCCCCCC. The van der Waals surface area contributed by atoms with E-state index in [1.807, 2.05) is 0 Å². The Hall–Kier alpha value is 0.430. The summed E-state index contributed by atoms with van der Waals surface area (Å²) in [7, 11) is 1.30. The third-order valence-electron chi connectivity index (χ3n) is 2.91. The average molecular weight is 260 g/mol. The van der Waals surface area contributed by atoms with Gasteiger partial charge in [-0.15, -0.1) is 8.58 Å². The third-order valence-corrected chi connectivity index (χ3v) is 4.33. The highest BCUT2D eigenvalue weighted by Gasteiger charge is 1.95. The van der Waals surface area contributed by atoms with Gasteiger partial charge in [0, 0.05) is 0 Å². The molecule has 0 aliphatic carbocycles. The van der Waals surface area contributed by atoms with E-state index in [1.54, 1.807) is 0 Å². The van der Waals surface area contributed by atoms with Crippen LogP contribution in [-0.2, 0) is 0 Å². The van der Waals surface area contributed by atoms with Crippen LogP contribution in [0.15, 0.2) is 0 Å². The molecule has 0 radical (unpaired) electrons. The fourth-order valence-corrected chi connectivity index (χ4v) is 2.73. The Kier molecular flexibility index (Phi) is 25.2. The minimum Gasteiger partial charge on any atom is -0.122 e. The van der Waals surface area contributed by atoms with Gasteiger partial charge in [0.05, 0.1) is 0 Å². The van der Waals surface area contributed by atoms with Gasteiger partial charge in [0.25, 0.3) is 0 Å². The molecule has 0 saturated carbocycles. The minimum absolute atomic E-state index is 1.30. The van der Waals surface area contributed by atoms with Gasteiger partial charge in [-0.25, -0.2) is 0 Å². The molecular weight excluding hydrogens is 223 g/mol. The van der Waals surface area contributed by atoms with Crippen molar-refractivity contribution in [1.29, 1.82) is 0 Å². The molecule has 17 heavy (non-hydrogen) atoms. The summed E-state index contributed by atoms with van der Waals surface area (Å²) in [6, 6.07) is 0. The minimum atomic E-state index is 1.30. The predicted octanol–water partition coefficient (Wildman–Crippen LogP) is 6.63. The van der Waals surface area contributed by atoms with Crippen molar-refractivity contribution >= 4 is 8.58 Å². The predicted molar refractivity (Wildman–Crippen MR) is 86.9 cm³/mol. The lowest BCUT2D eigenvalue weighted by atomic mass is 10.2. The van der Waals surface area contributed by atoms with Crippen LogP contribution < -0.4 is 0 Å². The largest absolute Gasteiger partial charge is 0.122 e. The Bertz CT molecular complexity index is 80.2. The van der Waals surface area contributed by atoms with Crippen molar-refractivity contribution in [2.75, 3.05) is 12.3 Å². The molecule has 1 fully saturated rings. The van der Waals surface area contributed by atoms with E-state index in [9.17, 15) is 0 Å². The van der Waals surface area contributed by atoms with E-state index in [0.717, 1.165) is 0 Å². The molecule has 0 N–H and O–H groups in total. The molecule has 0 atom stereocenters. The van der Waals surface area contributed by atoms with Gasteiger partial charge in [-0.2, -0.15) is 0 Å². The Morgan fingerprint density at radius 1 is 0.588 bits per heavy atom. The normalized spacial score (nSPS) is 14.1. The summed E-state index contributed by atoms with van der Waals surface area (Å²) >= 11 is 0. The highest BCUT2D eigenvalue weighted by atomic mass is 31.1. The van der Waals surface area contributed by atoms with Crippen LogP contribution in [0, 0.1) is 0 Å². The van der Waals surface area contributed by atoms with Crippen molar-refractivity contribution in [2.45, 2.75) is 91.9 Å². The number of unbranched alkanes of at least 4 members (excludes halogenated alkanes) is 5. The van der Waals surface area contributed by atoms with Gasteiger partial charge in [0.1, 0.15) is 0 Å². The molecule has 0 aromatic rings. The van der Waals surface area contributed by atoms with Crippen LogP contribution >= 0.6 is 8.58 Å². The van der Waals surface area contributed by atoms with E-state index in [4.69, 9.17) is 0 Å². The van der Waals surface area contributed by atoms with Crippen LogP contribution in [0.1, 0.15) is 91.9 Å². The van der Waals surface area contributed by atoms with E-state index < -0.39 is 0 Å². The standard InChI is InChI=1S/C7H16.C5H11P.C4H10/c1-3-5-7-6-4-2;1-2-4-6-5-3-1;1-3-4-2/h3-7H2,1-2H3;6H,1-5H2;3-4H2,1-2H3. The topological polar surface area (TPSA) is 0 Å². The zero-order valence-electron chi connectivity index (χ0n) is 13.0. The maximum atomic E-state index is 2.25. The van der Waals surface area contributed by atoms with Crippen LogP contribution in [0.2, 0.25) is 0 Å². The fourth-order valence-electron chi connectivity index (χ4n) is 1.48. The van der Waals surface area contributed by atoms with Crippen LogP contribution in [0.3, 0.4) is 0 Å². The lowest BCUT2D eigenvalue weighted by Crippen LogP contribution is -1.89. The second-order valence-electron chi connectivity index (χ2n) is 4.87. The van der Waals surface area contributed by atoms with Crippen molar-refractivity contribution in [3.8, 4) is 0 Å². The molecule has 0 unspecified atom stereocenters. The van der Waals surface area contributed by atoms with E-state index in [1.165, 1.54) is 85.1 Å². The number of rotatable bonds is 5. The molecule has 1 heterocycles. The van der Waals surface area contributed by atoms with E-state index in [-0.39, 0.29) is 0 Å². The van der Waals surface area contributed by atoms with Crippen molar-refractivity contribution in [2.24, 2.45) is 0 Å². The molecule has 1 aliphatic heterocycles. The summed E-state index contributed by atoms with van der Waals surface area (Å²) < 4.78 is 0. The maximum absolute atomic E-state index is 2.25. The smallest absolute Gasteiger partial charge is 0.0353 e. The monoisotopic (exact) mass is 260 g/mol. The molecule has 0 spiro atoms. The van der Waals surface area contributed by atoms with E-state index >= 15 is 0 Å². The number of hydrogen-bond donors (Lipinski definition) is 0. The van der Waals surface area contributed by atoms with Crippen LogP contribution in [0.5, 0.6) is 0 Å². The molecule has 0 nitrogen and oxygen atoms in total. The van der Waals surface area contributed by atoms with Gasteiger partial charge in [-0.05, 0) is 25.2 Å². The molecule has 106 valence electrons. The van der Waals surface area contributed by atoms with Gasteiger partial charge < -0.3 is 0 Å². The second kappa shape index (κ2) is 21.7. The second-order valence-corrected chi connectivity index (χ2v) is 6.37. The lowest BCUT2D eigenvalue weighted by molar-refractivity contribution is 0.656. The molecule has 0 aromatic carbocycles. The molecule has 0 bridgehead atoms. The highest BCUT2D eigenvalue weighted by Crippen LogP contribution is 2.21. The van der Waals surface area contributed by atoms with Crippen molar-refractivity contribution in [1.82, 2.24) is 0 Å². The first kappa shape index (κ1) is 19.8. The van der Waals surface area contributed by atoms with Gasteiger partial charge in [-0.3, -0.25) is 0 Å². The summed E-state index contributed by atoms with van der Waals surface area (Å²) in [4.78, 5) is 0. The van der Waals surface area contributed by atoms with Crippen LogP contribution in [-0.4, -0.2) is 12.3 Å². The van der Waals surface area contributed by atoms with Crippen LogP contribution in [0.25, 0.3) is 0 Å². The van der Waals surface area contributed by atoms with Gasteiger partial charge in [-0.1, -0.05) is 79.1 Å². The summed E-state index contributed by atoms with van der Waals surface area (Å²) in [5.74, 6) is 0. The third kappa shape index (κ3) is 26.2. The first-order chi connectivity index (χ1) is 8.33. The molecule has 1 heteroatoms. The van der Waals surface area contributed by atoms with Crippen LogP contribution in [0.4, 0.5) is 0 Å². The summed E-state index contributed by atoms with van der Waals surface area (Å²) in [5, 5.41) is 0. The van der Waals surface area contributed by atoms with E-state index in [2.05, 4.69) is 27.7 Å². The molecule has 0 amide bonds. The van der Waals surface area contributed by atoms with Crippen molar-refractivity contribution in [3.05, 3.63) is 0 Å². The Balaban J connectivity index is 0.